The van der Waals surface area contributed by atoms with Crippen LogP contribution in [0.3, 0.4) is 0 Å². The van der Waals surface area contributed by atoms with Crippen molar-refractivity contribution < 1.29 is 4.48 Å². The SMILES string of the molecule is CCCCC(CC)C(CC)[N+](C)(C(CC)C(CC)CCCC)C(CC)C(CC)CCCC. The number of unbranched alkanes of at least 4 members (excludes halogenated alkanes) is 3. The molecule has 0 saturated heterocycles. The molecule has 0 N–H and O–H groups in total. The van der Waals surface area contributed by atoms with Gasteiger partial charge in [0.2, 0.25) is 0 Å². The van der Waals surface area contributed by atoms with Gasteiger partial charge in [0.15, 0.2) is 0 Å². The minimum Gasteiger partial charge on any atom is -0.318 e. The van der Waals surface area contributed by atoms with E-state index in [9.17, 15) is 0 Å². The van der Waals surface area contributed by atoms with Crippen molar-refractivity contribution in [3.63, 3.8) is 0 Å². The Morgan fingerprint density at radius 1 is 0.406 bits per heavy atom. The van der Waals surface area contributed by atoms with Crippen molar-refractivity contribution in [2.24, 2.45) is 17.8 Å². The highest BCUT2D eigenvalue weighted by Gasteiger charge is 2.50. The minimum absolute atomic E-state index is 0.813. The molecule has 1 heteroatoms. The summed E-state index contributed by atoms with van der Waals surface area (Å²) in [6, 6.07) is 2.44. The van der Waals surface area contributed by atoms with Crippen molar-refractivity contribution >= 4 is 0 Å². The molecule has 6 atom stereocenters. The summed E-state index contributed by atoms with van der Waals surface area (Å²) in [6.07, 6.45) is 20.7. The van der Waals surface area contributed by atoms with Crippen LogP contribution in [0, 0.1) is 17.8 Å². The Balaban J connectivity index is 6.57. The summed E-state index contributed by atoms with van der Waals surface area (Å²) < 4.78 is 1.37. The highest BCUT2D eigenvalue weighted by Crippen LogP contribution is 2.42. The molecule has 0 amide bonds. The Kier molecular flexibility index (Phi) is 18.3. The molecule has 0 aliphatic heterocycles. The number of hydrogen-bond donors (Lipinski definition) is 0. The van der Waals surface area contributed by atoms with Gasteiger partial charge in [0, 0.05) is 17.8 Å². The van der Waals surface area contributed by atoms with Gasteiger partial charge in [-0.2, -0.15) is 0 Å². The summed E-state index contributed by atoms with van der Waals surface area (Å²) in [7, 11) is 2.76. The number of nitrogens with zero attached hydrogens (tertiary/aromatic N) is 1. The molecule has 0 heterocycles. The van der Waals surface area contributed by atoms with Gasteiger partial charge in [-0.05, 0) is 57.8 Å². The van der Waals surface area contributed by atoms with E-state index in [-0.39, 0.29) is 0 Å². The summed E-state index contributed by atoms with van der Waals surface area (Å²) in [5.41, 5.74) is 0. The van der Waals surface area contributed by atoms with Crippen LogP contribution in [0.1, 0.15) is 159 Å². The van der Waals surface area contributed by atoms with E-state index in [4.69, 9.17) is 0 Å². The maximum absolute atomic E-state index is 2.76. The van der Waals surface area contributed by atoms with E-state index in [1.165, 1.54) is 101 Å². The maximum atomic E-state index is 2.76. The Bertz CT molecular complexity index is 357. The molecule has 0 bridgehead atoms. The van der Waals surface area contributed by atoms with E-state index >= 15 is 0 Å². The fraction of sp³-hybridized carbons (Fsp3) is 1.00. The molecule has 0 radical (unpaired) electrons. The smallest absolute Gasteiger partial charge is 0.0918 e. The van der Waals surface area contributed by atoms with Crippen molar-refractivity contribution in [3.05, 3.63) is 0 Å². The summed E-state index contributed by atoms with van der Waals surface area (Å²) in [6.45, 7) is 22.1. The van der Waals surface area contributed by atoms with Crippen LogP contribution in [-0.2, 0) is 0 Å². The van der Waals surface area contributed by atoms with Crippen molar-refractivity contribution in [2.75, 3.05) is 7.05 Å². The van der Waals surface area contributed by atoms with Gasteiger partial charge in [0.25, 0.3) is 0 Å². The molecule has 6 unspecified atom stereocenters. The van der Waals surface area contributed by atoms with Gasteiger partial charge >= 0.3 is 0 Å². The molecule has 0 saturated carbocycles. The average Bonchev–Trinajstić information content (AvgIpc) is 2.81. The first-order chi connectivity index (χ1) is 15.4. The van der Waals surface area contributed by atoms with E-state index in [0.29, 0.717) is 0 Å². The first-order valence-electron chi connectivity index (χ1n) is 15.3. The standard InChI is InChI=1S/C31H66N/c1-11-20-23-26(14-4)29(17-7)32(10,30(18-8)27(15-5)24-21-12-2)31(19-9)28(16-6)25-22-13-3/h26-31H,11-25H2,1-10H3/q+1. The van der Waals surface area contributed by atoms with E-state index < -0.39 is 0 Å². The molecule has 1 nitrogen and oxygen atoms in total. The van der Waals surface area contributed by atoms with Crippen LogP contribution < -0.4 is 0 Å². The van der Waals surface area contributed by atoms with Crippen molar-refractivity contribution in [1.29, 1.82) is 0 Å². The Morgan fingerprint density at radius 3 is 0.812 bits per heavy atom. The van der Waals surface area contributed by atoms with Gasteiger partial charge in [-0.25, -0.2) is 0 Å². The topological polar surface area (TPSA) is 0 Å². The fourth-order valence-electron chi connectivity index (χ4n) is 7.69. The van der Waals surface area contributed by atoms with Gasteiger partial charge < -0.3 is 4.48 Å². The van der Waals surface area contributed by atoms with Crippen LogP contribution in [-0.4, -0.2) is 29.7 Å². The van der Waals surface area contributed by atoms with Gasteiger partial charge in [-0.15, -0.1) is 0 Å². The highest BCUT2D eigenvalue weighted by atomic mass is 15.4. The summed E-state index contributed by atoms with van der Waals surface area (Å²) >= 11 is 0. The van der Waals surface area contributed by atoms with Crippen LogP contribution in [0.15, 0.2) is 0 Å². The number of rotatable bonds is 21. The number of hydrogen-bond acceptors (Lipinski definition) is 0. The monoisotopic (exact) mass is 453 g/mol. The predicted molar refractivity (Wildman–Crippen MR) is 148 cm³/mol. The van der Waals surface area contributed by atoms with Crippen LogP contribution >= 0.6 is 0 Å². The lowest BCUT2D eigenvalue weighted by Gasteiger charge is -2.58. The summed E-state index contributed by atoms with van der Waals surface area (Å²) in [4.78, 5) is 0. The third kappa shape index (κ3) is 8.63. The predicted octanol–water partition coefficient (Wildman–Crippen LogP) is 10.4. The molecular formula is C31H66N+. The van der Waals surface area contributed by atoms with E-state index in [2.05, 4.69) is 69.4 Å². The average molecular weight is 453 g/mol. The van der Waals surface area contributed by atoms with Crippen LogP contribution in [0.2, 0.25) is 0 Å². The van der Waals surface area contributed by atoms with E-state index in [1.54, 1.807) is 0 Å². The van der Waals surface area contributed by atoms with Crippen LogP contribution in [0.4, 0.5) is 0 Å². The normalized spacial score (nSPS) is 19.7. The zero-order chi connectivity index (χ0) is 24.6. The molecule has 0 aliphatic rings. The molecule has 0 aromatic heterocycles. The second kappa shape index (κ2) is 18.3. The quantitative estimate of drug-likeness (QED) is 0.152. The van der Waals surface area contributed by atoms with Gasteiger partial charge in [-0.1, -0.05) is 101 Å². The first kappa shape index (κ1) is 32.0. The lowest BCUT2D eigenvalue weighted by atomic mass is 9.76. The van der Waals surface area contributed by atoms with Gasteiger partial charge in [0.05, 0.1) is 25.2 Å². The second-order valence-electron chi connectivity index (χ2n) is 11.1. The molecule has 32 heavy (non-hydrogen) atoms. The van der Waals surface area contributed by atoms with Crippen LogP contribution in [0.5, 0.6) is 0 Å². The fourth-order valence-corrected chi connectivity index (χ4v) is 7.69. The largest absolute Gasteiger partial charge is 0.318 e. The Hall–Kier alpha value is -0.0400. The molecule has 0 aromatic rings. The summed E-state index contributed by atoms with van der Waals surface area (Å²) in [5.74, 6) is 2.63. The third-order valence-electron chi connectivity index (χ3n) is 9.39. The molecule has 0 aliphatic carbocycles. The molecule has 0 spiro atoms. The van der Waals surface area contributed by atoms with Crippen LogP contribution in [0.25, 0.3) is 0 Å². The highest BCUT2D eigenvalue weighted by molar-refractivity contribution is 4.82. The van der Waals surface area contributed by atoms with E-state index in [0.717, 1.165) is 35.9 Å². The minimum atomic E-state index is 0.813. The Labute approximate surface area is 206 Å². The van der Waals surface area contributed by atoms with Gasteiger partial charge in [0.1, 0.15) is 0 Å². The lowest BCUT2D eigenvalue weighted by Crippen LogP contribution is -2.69. The second-order valence-corrected chi connectivity index (χ2v) is 11.1. The van der Waals surface area contributed by atoms with Crippen molar-refractivity contribution in [3.8, 4) is 0 Å². The first-order valence-corrected chi connectivity index (χ1v) is 15.3. The zero-order valence-electron chi connectivity index (χ0n) is 24.5. The third-order valence-corrected chi connectivity index (χ3v) is 9.39. The zero-order valence-corrected chi connectivity index (χ0v) is 24.5. The Morgan fingerprint density at radius 2 is 0.656 bits per heavy atom. The van der Waals surface area contributed by atoms with E-state index in [1.807, 2.05) is 0 Å². The number of quaternary nitrogens is 1. The lowest BCUT2D eigenvalue weighted by molar-refractivity contribution is -0.989. The maximum Gasteiger partial charge on any atom is 0.0918 e. The molecular weight excluding hydrogens is 386 g/mol. The summed E-state index contributed by atoms with van der Waals surface area (Å²) in [5, 5.41) is 0. The van der Waals surface area contributed by atoms with Gasteiger partial charge in [-0.3, -0.25) is 0 Å². The molecule has 0 fully saturated rings. The molecule has 0 rings (SSSR count). The van der Waals surface area contributed by atoms with Crippen molar-refractivity contribution in [2.45, 2.75) is 177 Å². The molecule has 0 aromatic carbocycles. The van der Waals surface area contributed by atoms with Crippen molar-refractivity contribution in [1.82, 2.24) is 0 Å². The molecule has 194 valence electrons.